The summed E-state index contributed by atoms with van der Waals surface area (Å²) in [5, 5.41) is 0. The van der Waals surface area contributed by atoms with Crippen molar-refractivity contribution in [1.82, 2.24) is 0 Å². The van der Waals surface area contributed by atoms with Crippen molar-refractivity contribution in [3.8, 4) is 0 Å². The van der Waals surface area contributed by atoms with Crippen LogP contribution in [-0.4, -0.2) is 8.76 Å². The van der Waals surface area contributed by atoms with Crippen LogP contribution < -0.4 is 18.9 Å². The Morgan fingerprint density at radius 1 is 2.00 bits per heavy atom. The summed E-state index contributed by atoms with van der Waals surface area (Å²) in [6, 6.07) is 0. The van der Waals surface area contributed by atoms with Gasteiger partial charge in [-0.1, -0.05) is 0 Å². The summed E-state index contributed by atoms with van der Waals surface area (Å²) in [4.78, 5) is 0. The summed E-state index contributed by atoms with van der Waals surface area (Å²) in [7, 11) is -3.14. The molecule has 0 aliphatic heterocycles. The maximum atomic E-state index is 9.42. The van der Waals surface area contributed by atoms with E-state index in [-0.39, 0.29) is 20.3 Å². The summed E-state index contributed by atoms with van der Waals surface area (Å²) in [6.07, 6.45) is 0. The predicted molar refractivity (Wildman–Crippen MR) is 28.2 cm³/mol. The molecule has 0 fully saturated rings. The quantitative estimate of drug-likeness (QED) is 0.215. The minimum Gasteiger partial charge on any atom is -1.00 e. The molecule has 0 aromatic rings. The van der Waals surface area contributed by atoms with Crippen LogP contribution in [0.25, 0.3) is 0 Å². The van der Waals surface area contributed by atoms with Gasteiger partial charge in [0.25, 0.3) is 0 Å². The van der Waals surface area contributed by atoms with Crippen molar-refractivity contribution in [3.05, 3.63) is 0 Å². The Bertz CT molecular complexity index is 96.1. The first-order valence-electron chi connectivity index (χ1n) is 0.698. The van der Waals surface area contributed by atoms with Gasteiger partial charge < -0.3 is 1.43 Å². The maximum absolute atomic E-state index is 9.42. The third kappa shape index (κ3) is 59.2. The zero-order valence-corrected chi connectivity index (χ0v) is 5.65. The second-order valence-electron chi connectivity index (χ2n) is 0.448. The first-order valence-corrected chi connectivity index (χ1v) is 4.19. The third-order valence-electron chi connectivity index (χ3n) is 0. The molecular formula is H3LiO2S3. The van der Waals surface area contributed by atoms with Gasteiger partial charge in [-0.2, -0.15) is 0 Å². The Kier molecular flexibility index (Phi) is 5.67. The molecule has 0 aliphatic carbocycles. The number of hydrogen-bond donors (Lipinski definition) is 2. The zero-order valence-electron chi connectivity index (χ0n) is 4.12. The SMILES string of the molecule is O=S(O)(=S)S.[H-].[Li+]. The van der Waals surface area contributed by atoms with Crippen LogP contribution in [0.1, 0.15) is 1.43 Å². The molecule has 0 radical (unpaired) electrons. The second kappa shape index (κ2) is 3.30. The summed E-state index contributed by atoms with van der Waals surface area (Å²) in [6.45, 7) is 0. The fraction of sp³-hybridized carbons (Fsp3) is 0. The molecule has 0 rings (SSSR count). The van der Waals surface area contributed by atoms with Gasteiger partial charge in [-0.15, -0.1) is 0 Å². The fourth-order valence-electron chi connectivity index (χ4n) is 0. The van der Waals surface area contributed by atoms with Crippen LogP contribution in [0.5, 0.6) is 0 Å². The Hall–Kier alpha value is 1.28. The van der Waals surface area contributed by atoms with Gasteiger partial charge in [-0.25, -0.2) is 4.21 Å². The van der Waals surface area contributed by atoms with Gasteiger partial charge in [0.15, 0.2) is 7.80 Å². The van der Waals surface area contributed by atoms with E-state index in [4.69, 9.17) is 4.55 Å². The molecule has 2 nitrogen and oxygen atoms in total. The number of hydrogen-bond acceptors (Lipinski definition) is 2. The van der Waals surface area contributed by atoms with Gasteiger partial charge in [-0.05, 0) is 11.7 Å². The average Bonchev–Trinajstić information content (AvgIpc) is 0.722. The van der Waals surface area contributed by atoms with E-state index in [1.165, 1.54) is 0 Å². The topological polar surface area (TPSA) is 37.3 Å². The van der Waals surface area contributed by atoms with Gasteiger partial charge in [0.05, 0.1) is 0 Å². The van der Waals surface area contributed by atoms with Crippen LogP contribution in [0.3, 0.4) is 0 Å². The van der Waals surface area contributed by atoms with Crippen molar-refractivity contribution in [1.29, 1.82) is 0 Å². The molecule has 1 N–H and O–H groups in total. The summed E-state index contributed by atoms with van der Waals surface area (Å²) < 4.78 is 17.1. The molecule has 6 heavy (non-hydrogen) atoms. The Labute approximate surface area is 59.7 Å². The van der Waals surface area contributed by atoms with Crippen LogP contribution >= 0.6 is 11.7 Å². The van der Waals surface area contributed by atoms with Crippen LogP contribution in [-0.2, 0) is 19.0 Å². The largest absolute Gasteiger partial charge is 1.00 e. The van der Waals surface area contributed by atoms with E-state index in [9.17, 15) is 4.21 Å². The molecule has 1 atom stereocenters. The Morgan fingerprint density at radius 3 is 2.00 bits per heavy atom. The van der Waals surface area contributed by atoms with Crippen molar-refractivity contribution in [2.75, 3.05) is 0 Å². The molecule has 0 aromatic carbocycles. The van der Waals surface area contributed by atoms with Crippen molar-refractivity contribution in [2.45, 2.75) is 0 Å². The molecule has 0 heterocycles. The van der Waals surface area contributed by atoms with E-state index in [0.29, 0.717) is 0 Å². The first kappa shape index (κ1) is 10.3. The van der Waals surface area contributed by atoms with Crippen LogP contribution in [0.15, 0.2) is 0 Å². The van der Waals surface area contributed by atoms with E-state index >= 15 is 0 Å². The molecule has 0 saturated carbocycles. The van der Waals surface area contributed by atoms with Gasteiger partial charge in [0.1, 0.15) is 0 Å². The average molecular weight is 138 g/mol. The normalized spacial score (nSPS) is 17.7. The summed E-state index contributed by atoms with van der Waals surface area (Å²) in [5.74, 6) is 0. The standard InChI is InChI=1S/Li.H2O2S3.H/c;1-5(2,3)4;/h;(H2,1,2,3,4);/q+1;;-1. The van der Waals surface area contributed by atoms with Crippen LogP contribution in [0.4, 0.5) is 0 Å². The summed E-state index contributed by atoms with van der Waals surface area (Å²) >= 11 is 6.79. The molecule has 0 saturated heterocycles. The van der Waals surface area contributed by atoms with Crippen molar-refractivity contribution in [3.63, 3.8) is 0 Å². The van der Waals surface area contributed by atoms with Crippen LogP contribution in [0.2, 0.25) is 0 Å². The minimum atomic E-state index is -3.14. The third-order valence-corrected chi connectivity index (χ3v) is 0. The smallest absolute Gasteiger partial charge is 1.00 e. The van der Waals surface area contributed by atoms with Crippen molar-refractivity contribution >= 4 is 30.7 Å². The summed E-state index contributed by atoms with van der Waals surface area (Å²) in [5.41, 5.74) is 0. The van der Waals surface area contributed by atoms with E-state index in [1.807, 2.05) is 0 Å². The monoisotopic (exact) mass is 138 g/mol. The zero-order chi connectivity index (χ0) is 4.50. The molecular weight excluding hydrogens is 135 g/mol. The van der Waals surface area contributed by atoms with E-state index in [2.05, 4.69) is 22.8 Å². The van der Waals surface area contributed by atoms with Crippen LogP contribution in [0, 0.1) is 0 Å². The fourth-order valence-corrected chi connectivity index (χ4v) is 0. The van der Waals surface area contributed by atoms with E-state index in [0.717, 1.165) is 0 Å². The number of rotatable bonds is 0. The molecule has 0 aliphatic rings. The molecule has 0 amide bonds. The number of thiol groups is 1. The van der Waals surface area contributed by atoms with Gasteiger partial charge in [0, 0.05) is 11.2 Å². The van der Waals surface area contributed by atoms with Gasteiger partial charge >= 0.3 is 18.9 Å². The van der Waals surface area contributed by atoms with E-state index < -0.39 is 7.80 Å². The Balaban J connectivity index is -0.0000000800. The molecule has 0 spiro atoms. The van der Waals surface area contributed by atoms with Crippen molar-refractivity contribution in [2.24, 2.45) is 0 Å². The Morgan fingerprint density at radius 2 is 2.00 bits per heavy atom. The molecule has 0 aromatic heterocycles. The first-order chi connectivity index (χ1) is 2.00. The minimum absolute atomic E-state index is 0. The molecule has 1 unspecified atom stereocenters. The van der Waals surface area contributed by atoms with Gasteiger partial charge in [-0.3, -0.25) is 4.55 Å². The van der Waals surface area contributed by atoms with E-state index in [1.54, 1.807) is 0 Å². The van der Waals surface area contributed by atoms with Gasteiger partial charge in [0.2, 0.25) is 0 Å². The molecule has 6 heteroatoms. The maximum Gasteiger partial charge on any atom is 1.00 e. The second-order valence-corrected chi connectivity index (χ2v) is 4.92. The predicted octanol–water partition coefficient (Wildman–Crippen LogP) is -2.83. The van der Waals surface area contributed by atoms with Crippen molar-refractivity contribution < 1.29 is 29.0 Å². The molecule has 0 bridgehead atoms. The molecule has 34 valence electrons.